The molecule has 0 unspecified atom stereocenters. The molecule has 3 aliphatic rings. The highest BCUT2D eigenvalue weighted by atomic mass is 32.1. The van der Waals surface area contributed by atoms with Crippen LogP contribution in [-0.4, -0.2) is 7.28 Å². The summed E-state index contributed by atoms with van der Waals surface area (Å²) in [5.74, 6) is 0. The van der Waals surface area contributed by atoms with Crippen LogP contribution in [0.4, 0.5) is 27.8 Å². The Morgan fingerprint density at radius 1 is 0.554 bits per heavy atom. The van der Waals surface area contributed by atoms with Gasteiger partial charge in [0.2, 0.25) is 7.28 Å². The predicted molar refractivity (Wildman–Crippen MR) is 287 cm³/mol. The van der Waals surface area contributed by atoms with Gasteiger partial charge in [0.05, 0.1) is 10.7 Å². The molecule has 2 nitrogen and oxygen atoms in total. The highest BCUT2D eigenvalue weighted by Crippen LogP contribution is 2.54. The first-order valence-corrected chi connectivity index (χ1v) is 25.0. The standard InChI is InChI=1S/C61H65BN2S/c1-36-29-46-48(60(9,10)27-25-58(46,5)6)34-51(36)64-55-42-20-16-15-19-39(42)31-44(43-30-37-17-13-14-18-38(37)32-50(43)63-41-23-21-40(22-24-41)57(2,3)4)53(55)62-54-45-33-47-49(35-52(45)65-56(54)64)61(11,12)28-26-59(47,7)8/h13-24,29-35,62-63H,25-28H2,1-12H3. The second-order valence-electron chi connectivity index (χ2n) is 23.7. The summed E-state index contributed by atoms with van der Waals surface area (Å²) in [6.45, 7) is 29.0. The Kier molecular flexibility index (Phi) is 9.34. The lowest BCUT2D eigenvalue weighted by Crippen LogP contribution is -2.41. The number of rotatable bonds is 4. The number of fused-ring (bicyclic) bond motifs is 9. The molecular weight excluding hydrogens is 804 g/mol. The Labute approximate surface area is 392 Å². The average molecular weight is 869 g/mol. The van der Waals surface area contributed by atoms with E-state index in [1.165, 1.54) is 129 Å². The second kappa shape index (κ2) is 14.3. The lowest BCUT2D eigenvalue weighted by Gasteiger charge is -2.43. The molecule has 0 bridgehead atoms. The fraction of sp³-hybridized carbons (Fsp3) is 0.344. The molecular formula is C61H65BN2S. The molecule has 1 aromatic heterocycles. The third-order valence-electron chi connectivity index (χ3n) is 16.3. The van der Waals surface area contributed by atoms with Crippen molar-refractivity contribution in [3.63, 3.8) is 0 Å². The molecule has 2 aliphatic carbocycles. The summed E-state index contributed by atoms with van der Waals surface area (Å²) in [7, 11) is 0.860. The maximum Gasteiger partial charge on any atom is 0.200 e. The predicted octanol–water partition coefficient (Wildman–Crippen LogP) is 16.1. The lowest BCUT2D eigenvalue weighted by atomic mass is 9.57. The minimum Gasteiger partial charge on any atom is -0.355 e. The number of hydrogen-bond acceptors (Lipinski definition) is 3. The van der Waals surface area contributed by atoms with Gasteiger partial charge < -0.3 is 10.2 Å². The highest BCUT2D eigenvalue weighted by Gasteiger charge is 2.42. The molecule has 11 rings (SSSR count). The summed E-state index contributed by atoms with van der Waals surface area (Å²) in [5, 5.41) is 11.8. The smallest absolute Gasteiger partial charge is 0.200 e. The Hall–Kier alpha value is -5.32. The van der Waals surface area contributed by atoms with Crippen molar-refractivity contribution in [1.29, 1.82) is 0 Å². The molecule has 2 heterocycles. The molecule has 0 amide bonds. The van der Waals surface area contributed by atoms with E-state index in [9.17, 15) is 0 Å². The third-order valence-corrected chi connectivity index (χ3v) is 17.4. The summed E-state index contributed by atoms with van der Waals surface area (Å²) in [6, 6.07) is 44.9. The molecule has 65 heavy (non-hydrogen) atoms. The summed E-state index contributed by atoms with van der Waals surface area (Å²) in [5.41, 5.74) is 19.5. The maximum atomic E-state index is 3.98. The summed E-state index contributed by atoms with van der Waals surface area (Å²) < 4.78 is 1.41. The van der Waals surface area contributed by atoms with Crippen molar-refractivity contribution in [3.8, 4) is 11.1 Å². The zero-order valence-corrected chi connectivity index (χ0v) is 41.7. The molecule has 0 atom stereocenters. The number of anilines is 5. The summed E-state index contributed by atoms with van der Waals surface area (Å²) in [4.78, 5) is 2.74. The fourth-order valence-electron chi connectivity index (χ4n) is 11.8. The van der Waals surface area contributed by atoms with Gasteiger partial charge in [-0.15, -0.1) is 11.3 Å². The van der Waals surface area contributed by atoms with Crippen LogP contribution in [0.25, 0.3) is 42.8 Å². The first-order chi connectivity index (χ1) is 30.7. The summed E-state index contributed by atoms with van der Waals surface area (Å²) >= 11 is 2.02. The highest BCUT2D eigenvalue weighted by molar-refractivity contribution is 7.25. The number of benzene rings is 7. The molecule has 4 heteroatoms. The number of thiophene rings is 1. The fourth-order valence-corrected chi connectivity index (χ4v) is 13.1. The third kappa shape index (κ3) is 6.79. The Balaban J connectivity index is 1.23. The maximum absolute atomic E-state index is 3.98. The van der Waals surface area contributed by atoms with Crippen LogP contribution in [0.2, 0.25) is 0 Å². The van der Waals surface area contributed by atoms with Crippen molar-refractivity contribution >= 4 is 88.9 Å². The molecule has 328 valence electrons. The number of nitrogens with one attached hydrogen (secondary N) is 1. The van der Waals surface area contributed by atoms with Crippen molar-refractivity contribution in [3.05, 3.63) is 149 Å². The van der Waals surface area contributed by atoms with Gasteiger partial charge in [0.25, 0.3) is 0 Å². The van der Waals surface area contributed by atoms with Crippen LogP contribution < -0.4 is 21.1 Å². The van der Waals surface area contributed by atoms with E-state index in [1.54, 1.807) is 0 Å². The Morgan fingerprint density at radius 3 is 1.72 bits per heavy atom. The van der Waals surface area contributed by atoms with Crippen molar-refractivity contribution in [1.82, 2.24) is 0 Å². The monoisotopic (exact) mass is 868 g/mol. The van der Waals surface area contributed by atoms with Gasteiger partial charge in [0, 0.05) is 32.7 Å². The molecule has 1 aliphatic heterocycles. The van der Waals surface area contributed by atoms with E-state index >= 15 is 0 Å². The first-order valence-electron chi connectivity index (χ1n) is 24.2. The van der Waals surface area contributed by atoms with E-state index < -0.39 is 0 Å². The van der Waals surface area contributed by atoms with Crippen molar-refractivity contribution < 1.29 is 0 Å². The molecule has 0 fully saturated rings. The van der Waals surface area contributed by atoms with E-state index in [4.69, 9.17) is 0 Å². The zero-order chi connectivity index (χ0) is 45.6. The summed E-state index contributed by atoms with van der Waals surface area (Å²) in [6.07, 6.45) is 4.79. The van der Waals surface area contributed by atoms with Gasteiger partial charge in [-0.2, -0.15) is 0 Å². The Bertz CT molecular complexity index is 3260. The van der Waals surface area contributed by atoms with Crippen molar-refractivity contribution in [2.75, 3.05) is 10.2 Å². The molecule has 8 aromatic rings. The second-order valence-corrected chi connectivity index (χ2v) is 24.7. The van der Waals surface area contributed by atoms with E-state index in [0.29, 0.717) is 0 Å². The number of aryl methyl sites for hydroxylation is 1. The van der Waals surface area contributed by atoms with Crippen LogP contribution in [0, 0.1) is 6.92 Å². The van der Waals surface area contributed by atoms with E-state index in [0.717, 1.165) is 18.7 Å². The molecule has 0 spiro atoms. The quantitative estimate of drug-likeness (QED) is 0.177. The van der Waals surface area contributed by atoms with Gasteiger partial charge in [0.1, 0.15) is 0 Å². The number of nitrogens with zero attached hydrogens (tertiary/aromatic N) is 1. The number of hydrogen-bond donors (Lipinski definition) is 1. The van der Waals surface area contributed by atoms with Gasteiger partial charge in [-0.1, -0.05) is 143 Å². The van der Waals surface area contributed by atoms with Crippen LogP contribution in [-0.2, 0) is 27.1 Å². The van der Waals surface area contributed by atoms with Crippen LogP contribution >= 0.6 is 11.3 Å². The van der Waals surface area contributed by atoms with Gasteiger partial charge in [-0.3, -0.25) is 0 Å². The lowest BCUT2D eigenvalue weighted by molar-refractivity contribution is 0.332. The van der Waals surface area contributed by atoms with Gasteiger partial charge >= 0.3 is 0 Å². The molecule has 1 N–H and O–H groups in total. The van der Waals surface area contributed by atoms with E-state index in [1.807, 2.05) is 11.3 Å². The molecule has 0 radical (unpaired) electrons. The average Bonchev–Trinajstić information content (AvgIpc) is 3.62. The minimum absolute atomic E-state index is 0.0752. The van der Waals surface area contributed by atoms with Crippen LogP contribution in [0.3, 0.4) is 0 Å². The SMILES string of the molecule is Cc1cc2c(cc1N1c3sc4cc5c(cc4c3Bc3c(-c4cc6ccccc6cc4Nc4ccc(C(C)(C)C)cc4)cc4ccccc4c31)C(C)(C)CCC5(C)C)C(C)(C)CCC2(C)C. The molecule has 0 saturated carbocycles. The molecule has 7 aromatic carbocycles. The normalized spacial score (nSPS) is 17.9. The van der Waals surface area contributed by atoms with Crippen LogP contribution in [0.15, 0.2) is 115 Å². The van der Waals surface area contributed by atoms with Gasteiger partial charge in [-0.25, -0.2) is 0 Å². The van der Waals surface area contributed by atoms with Gasteiger partial charge in [0.15, 0.2) is 0 Å². The van der Waals surface area contributed by atoms with Crippen LogP contribution in [0.5, 0.6) is 0 Å². The van der Waals surface area contributed by atoms with E-state index in [-0.39, 0.29) is 27.1 Å². The van der Waals surface area contributed by atoms with Crippen molar-refractivity contribution in [2.24, 2.45) is 0 Å². The van der Waals surface area contributed by atoms with E-state index in [2.05, 4.69) is 209 Å². The van der Waals surface area contributed by atoms with Crippen LogP contribution in [0.1, 0.15) is 135 Å². The zero-order valence-electron chi connectivity index (χ0n) is 40.9. The largest absolute Gasteiger partial charge is 0.355 e. The van der Waals surface area contributed by atoms with Gasteiger partial charge in [-0.05, 0) is 180 Å². The van der Waals surface area contributed by atoms with Crippen molar-refractivity contribution in [2.45, 2.75) is 136 Å². The topological polar surface area (TPSA) is 15.3 Å². The minimum atomic E-state index is 0.0752. The Morgan fingerprint density at radius 2 is 1.09 bits per heavy atom. The molecule has 0 saturated heterocycles. The first kappa shape index (κ1) is 42.3.